The molecule has 0 saturated carbocycles. The minimum atomic E-state index is -4.64. The molecular weight excluding hydrogens is 346 g/mol. The smallest absolute Gasteiger partial charge is 0.422 e. The van der Waals surface area contributed by atoms with Crippen molar-refractivity contribution in [1.82, 2.24) is 4.57 Å². The fourth-order valence-corrected chi connectivity index (χ4v) is 2.21. The first-order valence-electron chi connectivity index (χ1n) is 6.94. The van der Waals surface area contributed by atoms with E-state index in [2.05, 4.69) is 9.47 Å². The average molecular weight is 359 g/mol. The van der Waals surface area contributed by atoms with Gasteiger partial charge in [-0.2, -0.15) is 13.2 Å². The second-order valence-electron chi connectivity index (χ2n) is 5.01. The molecule has 2 rings (SSSR count). The Morgan fingerprint density at radius 1 is 1.20 bits per heavy atom. The van der Waals surface area contributed by atoms with Crippen LogP contribution in [0.3, 0.4) is 0 Å². The molecule has 0 fully saturated rings. The molecule has 5 nitrogen and oxygen atoms in total. The van der Waals surface area contributed by atoms with Crippen LogP contribution >= 0.6 is 0 Å². The first-order chi connectivity index (χ1) is 11.6. The Labute approximate surface area is 139 Å². The van der Waals surface area contributed by atoms with E-state index >= 15 is 0 Å². The lowest BCUT2D eigenvalue weighted by molar-refractivity contribution is -0.153. The van der Waals surface area contributed by atoms with Crippen LogP contribution in [0.1, 0.15) is 16.1 Å². The Morgan fingerprint density at radius 3 is 2.48 bits per heavy atom. The molecule has 0 aliphatic heterocycles. The summed E-state index contributed by atoms with van der Waals surface area (Å²) in [4.78, 5) is 23.9. The second kappa shape index (κ2) is 6.96. The zero-order valence-electron chi connectivity index (χ0n) is 13.2. The predicted molar refractivity (Wildman–Crippen MR) is 79.6 cm³/mol. The van der Waals surface area contributed by atoms with Crippen LogP contribution in [-0.4, -0.2) is 30.4 Å². The van der Waals surface area contributed by atoms with Gasteiger partial charge in [0.1, 0.15) is 11.6 Å². The van der Waals surface area contributed by atoms with Gasteiger partial charge in [-0.25, -0.2) is 9.18 Å². The molecule has 0 spiro atoms. The van der Waals surface area contributed by atoms with Gasteiger partial charge in [0.25, 0.3) is 5.56 Å². The molecule has 1 aromatic carbocycles. The molecule has 0 atom stereocenters. The highest BCUT2D eigenvalue weighted by Gasteiger charge is 2.29. The molecule has 2 aromatic rings. The summed E-state index contributed by atoms with van der Waals surface area (Å²) in [6.45, 7) is -0.251. The van der Waals surface area contributed by atoms with Gasteiger partial charge in [0, 0.05) is 17.8 Å². The average Bonchev–Trinajstić information content (AvgIpc) is 2.53. The maximum Gasteiger partial charge on any atom is 0.422 e. The standard InChI is InChI=1S/C16H13F4NO4/c1-9-11(15(23)24-2)4-6-14(22)21(9)12-5-3-10(17)7-13(12)25-8-16(18,19)20/h3-7H,8H2,1-2H3. The molecule has 0 radical (unpaired) electrons. The van der Waals surface area contributed by atoms with E-state index in [9.17, 15) is 27.2 Å². The molecule has 0 aliphatic rings. The Morgan fingerprint density at radius 2 is 1.88 bits per heavy atom. The van der Waals surface area contributed by atoms with Crippen molar-refractivity contribution in [2.45, 2.75) is 13.1 Å². The van der Waals surface area contributed by atoms with Gasteiger partial charge in [-0.05, 0) is 25.1 Å². The number of pyridine rings is 1. The zero-order valence-corrected chi connectivity index (χ0v) is 13.2. The monoisotopic (exact) mass is 359 g/mol. The molecule has 0 unspecified atom stereocenters. The Bertz CT molecular complexity index is 858. The number of methoxy groups -OCH3 is 1. The van der Waals surface area contributed by atoms with Gasteiger partial charge >= 0.3 is 12.1 Å². The van der Waals surface area contributed by atoms with Crippen LogP contribution in [0.4, 0.5) is 17.6 Å². The van der Waals surface area contributed by atoms with E-state index in [-0.39, 0.29) is 16.9 Å². The number of rotatable bonds is 4. The fourth-order valence-electron chi connectivity index (χ4n) is 2.21. The molecule has 1 aromatic heterocycles. The molecule has 1 heterocycles. The third-order valence-corrected chi connectivity index (χ3v) is 3.30. The number of halogens is 4. The van der Waals surface area contributed by atoms with E-state index in [1.54, 1.807) is 0 Å². The van der Waals surface area contributed by atoms with Crippen LogP contribution in [0.2, 0.25) is 0 Å². The first-order valence-corrected chi connectivity index (χ1v) is 6.94. The van der Waals surface area contributed by atoms with Gasteiger partial charge in [-0.15, -0.1) is 0 Å². The first kappa shape index (κ1) is 18.5. The molecule has 0 amide bonds. The van der Waals surface area contributed by atoms with Crippen molar-refractivity contribution in [3.63, 3.8) is 0 Å². The third kappa shape index (κ3) is 4.17. The largest absolute Gasteiger partial charge is 0.482 e. The van der Waals surface area contributed by atoms with E-state index in [1.165, 1.54) is 13.0 Å². The number of aromatic nitrogens is 1. The van der Waals surface area contributed by atoms with Crippen molar-refractivity contribution < 1.29 is 31.8 Å². The maximum atomic E-state index is 13.4. The molecule has 134 valence electrons. The quantitative estimate of drug-likeness (QED) is 0.622. The van der Waals surface area contributed by atoms with Gasteiger partial charge in [0.15, 0.2) is 6.61 Å². The summed E-state index contributed by atoms with van der Waals surface area (Å²) in [5, 5.41) is 0. The summed E-state index contributed by atoms with van der Waals surface area (Å²) in [7, 11) is 1.15. The summed E-state index contributed by atoms with van der Waals surface area (Å²) >= 11 is 0. The van der Waals surface area contributed by atoms with Crippen LogP contribution in [0.25, 0.3) is 5.69 Å². The lowest BCUT2D eigenvalue weighted by Crippen LogP contribution is -2.25. The third-order valence-electron chi connectivity index (χ3n) is 3.30. The van der Waals surface area contributed by atoms with Crippen molar-refractivity contribution >= 4 is 5.97 Å². The maximum absolute atomic E-state index is 13.4. The van der Waals surface area contributed by atoms with Crippen molar-refractivity contribution in [2.24, 2.45) is 0 Å². The number of hydrogen-bond donors (Lipinski definition) is 0. The summed E-state index contributed by atoms with van der Waals surface area (Å²) in [5.41, 5.74) is -0.608. The highest BCUT2D eigenvalue weighted by Crippen LogP contribution is 2.27. The predicted octanol–water partition coefficient (Wildman–Crippen LogP) is 3.01. The molecule has 0 saturated heterocycles. The van der Waals surface area contributed by atoms with E-state index in [0.717, 1.165) is 35.9 Å². The summed E-state index contributed by atoms with van der Waals surface area (Å²) in [6, 6.07) is 5.08. The van der Waals surface area contributed by atoms with E-state index in [1.807, 2.05) is 0 Å². The Hall–Kier alpha value is -2.84. The van der Waals surface area contributed by atoms with Gasteiger partial charge in [0.2, 0.25) is 0 Å². The van der Waals surface area contributed by atoms with Crippen molar-refractivity contribution in [3.8, 4) is 11.4 Å². The molecule has 9 heteroatoms. The lowest BCUT2D eigenvalue weighted by atomic mass is 10.1. The lowest BCUT2D eigenvalue weighted by Gasteiger charge is -2.17. The zero-order chi connectivity index (χ0) is 18.8. The number of alkyl halides is 3. The minimum Gasteiger partial charge on any atom is -0.482 e. The van der Waals surface area contributed by atoms with Gasteiger partial charge < -0.3 is 9.47 Å². The summed E-state index contributed by atoms with van der Waals surface area (Å²) in [6.07, 6.45) is -4.64. The molecule has 25 heavy (non-hydrogen) atoms. The molecular formula is C16H13F4NO4. The second-order valence-corrected chi connectivity index (χ2v) is 5.01. The molecule has 0 aliphatic carbocycles. The molecule has 0 N–H and O–H groups in total. The van der Waals surface area contributed by atoms with Crippen LogP contribution in [0.5, 0.6) is 5.75 Å². The number of hydrogen-bond acceptors (Lipinski definition) is 4. The number of carbonyl (C=O) groups is 1. The van der Waals surface area contributed by atoms with Crippen molar-refractivity contribution in [2.75, 3.05) is 13.7 Å². The topological polar surface area (TPSA) is 57.5 Å². The highest BCUT2D eigenvalue weighted by atomic mass is 19.4. The summed E-state index contributed by atoms with van der Waals surface area (Å²) < 4.78 is 60.8. The summed E-state index contributed by atoms with van der Waals surface area (Å²) in [5.74, 6) is -2.05. The number of carbonyl (C=O) groups excluding carboxylic acids is 1. The van der Waals surface area contributed by atoms with Crippen LogP contribution < -0.4 is 10.3 Å². The van der Waals surface area contributed by atoms with Crippen molar-refractivity contribution in [1.29, 1.82) is 0 Å². The molecule has 0 bridgehead atoms. The van der Waals surface area contributed by atoms with Gasteiger partial charge in [0.05, 0.1) is 18.4 Å². The van der Waals surface area contributed by atoms with Gasteiger partial charge in [-0.1, -0.05) is 0 Å². The normalized spacial score (nSPS) is 11.3. The van der Waals surface area contributed by atoms with Crippen LogP contribution in [-0.2, 0) is 4.74 Å². The Kier molecular flexibility index (Phi) is 5.15. The number of esters is 1. The van der Waals surface area contributed by atoms with Crippen LogP contribution in [0, 0.1) is 12.7 Å². The number of benzene rings is 1. The van der Waals surface area contributed by atoms with E-state index < -0.39 is 35.9 Å². The Balaban J connectivity index is 2.62. The van der Waals surface area contributed by atoms with Crippen molar-refractivity contribution in [3.05, 3.63) is 57.8 Å². The van der Waals surface area contributed by atoms with Crippen LogP contribution in [0.15, 0.2) is 35.1 Å². The van der Waals surface area contributed by atoms with E-state index in [4.69, 9.17) is 0 Å². The van der Waals surface area contributed by atoms with Gasteiger partial charge in [-0.3, -0.25) is 9.36 Å². The SMILES string of the molecule is COC(=O)c1ccc(=O)n(-c2ccc(F)cc2OCC(F)(F)F)c1C. The van der Waals surface area contributed by atoms with E-state index in [0.29, 0.717) is 0 Å². The number of ether oxygens (including phenoxy) is 2. The minimum absolute atomic E-state index is 0.0354. The highest BCUT2D eigenvalue weighted by molar-refractivity contribution is 5.90. The fraction of sp³-hybridized carbons (Fsp3) is 0.250. The number of nitrogens with zero attached hydrogens (tertiary/aromatic N) is 1.